The summed E-state index contributed by atoms with van der Waals surface area (Å²) >= 11 is 0. The van der Waals surface area contributed by atoms with Crippen LogP contribution in [0, 0.1) is 0 Å². The van der Waals surface area contributed by atoms with Gasteiger partial charge in [0.25, 0.3) is 0 Å². The molecule has 0 spiro atoms. The predicted octanol–water partition coefficient (Wildman–Crippen LogP) is 2.39. The summed E-state index contributed by atoms with van der Waals surface area (Å²) in [6.07, 6.45) is 4.65. The van der Waals surface area contributed by atoms with E-state index in [0.717, 1.165) is 32.4 Å². The molecule has 0 radical (unpaired) electrons. The van der Waals surface area contributed by atoms with Gasteiger partial charge in [0.1, 0.15) is 11.3 Å². The lowest BCUT2D eigenvalue weighted by Gasteiger charge is -2.38. The minimum atomic E-state index is -0.873. The zero-order valence-corrected chi connectivity index (χ0v) is 14.0. The molecule has 0 aliphatic carbocycles. The number of hydrogen-bond acceptors (Lipinski definition) is 4. The lowest BCUT2D eigenvalue weighted by atomic mass is 9.90. The molecule has 1 fully saturated rings. The highest BCUT2D eigenvalue weighted by Gasteiger charge is 2.37. The maximum absolute atomic E-state index is 11.0. The molecule has 2 aromatic rings. The van der Waals surface area contributed by atoms with Crippen molar-refractivity contribution < 1.29 is 5.11 Å². The van der Waals surface area contributed by atoms with E-state index in [1.165, 1.54) is 5.56 Å². The van der Waals surface area contributed by atoms with Crippen molar-refractivity contribution in [1.82, 2.24) is 19.9 Å². The molecule has 1 aliphatic heterocycles. The first-order valence-electron chi connectivity index (χ1n) is 8.48. The maximum Gasteiger partial charge on any atom is 0.123 e. The molecular weight excluding hydrogens is 288 g/mol. The predicted molar refractivity (Wildman–Crippen MR) is 90.1 cm³/mol. The van der Waals surface area contributed by atoms with E-state index in [9.17, 15) is 5.11 Å². The van der Waals surface area contributed by atoms with Gasteiger partial charge in [-0.3, -0.25) is 4.90 Å². The second-order valence-corrected chi connectivity index (χ2v) is 6.82. The lowest BCUT2D eigenvalue weighted by Crippen LogP contribution is -2.47. The van der Waals surface area contributed by atoms with Crippen LogP contribution in [-0.4, -0.2) is 44.6 Å². The average Bonchev–Trinajstić information content (AvgIpc) is 3.05. The highest BCUT2D eigenvalue weighted by atomic mass is 16.3. The first-order valence-corrected chi connectivity index (χ1v) is 8.48. The topological polar surface area (TPSA) is 54.2 Å². The Morgan fingerprint density at radius 1 is 1.26 bits per heavy atom. The Bertz CT molecular complexity index is 625. The van der Waals surface area contributed by atoms with Crippen molar-refractivity contribution in [3.63, 3.8) is 0 Å². The van der Waals surface area contributed by atoms with Crippen LogP contribution in [0.15, 0.2) is 36.5 Å². The Balaban J connectivity index is 1.64. The van der Waals surface area contributed by atoms with Gasteiger partial charge in [-0.15, -0.1) is 5.10 Å². The lowest BCUT2D eigenvalue weighted by molar-refractivity contribution is -0.0385. The number of aromatic nitrogens is 3. The van der Waals surface area contributed by atoms with E-state index in [4.69, 9.17) is 0 Å². The van der Waals surface area contributed by atoms with Gasteiger partial charge in [-0.25, -0.2) is 4.68 Å². The van der Waals surface area contributed by atoms with E-state index in [1.807, 2.05) is 16.9 Å². The standard InChI is InChI=1S/C18H26N4O/c1-15(2)22-13-17(19-20-22)18(23)10-6-11-21(14-18)12-9-16-7-4-3-5-8-16/h3-5,7-8,13,15,23H,6,9-12,14H2,1-2H3. The van der Waals surface area contributed by atoms with Crippen LogP contribution in [0.3, 0.4) is 0 Å². The molecule has 5 nitrogen and oxygen atoms in total. The molecular formula is C18H26N4O. The number of aliphatic hydroxyl groups is 1. The van der Waals surface area contributed by atoms with Gasteiger partial charge in [-0.05, 0) is 45.2 Å². The number of β-amino-alcohol motifs (C(OH)–C–C–N with tert-alkyl or cyclic N) is 1. The fourth-order valence-electron chi connectivity index (χ4n) is 3.20. The second kappa shape index (κ2) is 6.81. The van der Waals surface area contributed by atoms with E-state index in [-0.39, 0.29) is 6.04 Å². The van der Waals surface area contributed by atoms with Gasteiger partial charge in [-0.1, -0.05) is 35.5 Å². The maximum atomic E-state index is 11.0. The quantitative estimate of drug-likeness (QED) is 0.920. The molecule has 1 saturated heterocycles. The van der Waals surface area contributed by atoms with Crippen molar-refractivity contribution >= 4 is 0 Å². The highest BCUT2D eigenvalue weighted by molar-refractivity contribution is 5.15. The van der Waals surface area contributed by atoms with Crippen molar-refractivity contribution in [3.05, 3.63) is 47.8 Å². The molecule has 1 N–H and O–H groups in total. The third-order valence-electron chi connectivity index (χ3n) is 4.63. The first-order chi connectivity index (χ1) is 11.1. The molecule has 3 rings (SSSR count). The summed E-state index contributed by atoms with van der Waals surface area (Å²) in [6, 6.07) is 10.8. The van der Waals surface area contributed by atoms with Crippen LogP contribution < -0.4 is 0 Å². The van der Waals surface area contributed by atoms with Gasteiger partial charge in [0.05, 0.1) is 6.20 Å². The van der Waals surface area contributed by atoms with Crippen LogP contribution in [-0.2, 0) is 12.0 Å². The molecule has 0 amide bonds. The summed E-state index contributed by atoms with van der Waals surface area (Å²) in [6.45, 7) is 6.76. The SMILES string of the molecule is CC(C)n1cc(C2(O)CCCN(CCc3ccccc3)C2)nn1. The van der Waals surface area contributed by atoms with Crippen LogP contribution in [0.1, 0.15) is 44.0 Å². The van der Waals surface area contributed by atoms with Gasteiger partial charge in [0, 0.05) is 19.1 Å². The minimum Gasteiger partial charge on any atom is -0.382 e. The number of piperidine rings is 1. The molecule has 0 bridgehead atoms. The van der Waals surface area contributed by atoms with Crippen molar-refractivity contribution in [3.8, 4) is 0 Å². The molecule has 2 heterocycles. The summed E-state index contributed by atoms with van der Waals surface area (Å²) in [7, 11) is 0. The second-order valence-electron chi connectivity index (χ2n) is 6.82. The van der Waals surface area contributed by atoms with Crippen LogP contribution >= 0.6 is 0 Å². The molecule has 1 aromatic carbocycles. The first kappa shape index (κ1) is 16.1. The molecule has 0 saturated carbocycles. The largest absolute Gasteiger partial charge is 0.382 e. The van der Waals surface area contributed by atoms with Crippen molar-refractivity contribution in [2.45, 2.75) is 44.8 Å². The molecule has 1 atom stereocenters. The summed E-state index contributed by atoms with van der Waals surface area (Å²) in [5.74, 6) is 0. The smallest absolute Gasteiger partial charge is 0.123 e. The Kier molecular flexibility index (Phi) is 4.78. The van der Waals surface area contributed by atoms with Gasteiger partial charge >= 0.3 is 0 Å². The van der Waals surface area contributed by atoms with E-state index >= 15 is 0 Å². The average molecular weight is 314 g/mol. The third-order valence-corrected chi connectivity index (χ3v) is 4.63. The zero-order chi connectivity index (χ0) is 16.3. The number of likely N-dealkylation sites (tertiary alicyclic amines) is 1. The van der Waals surface area contributed by atoms with Crippen molar-refractivity contribution in [2.75, 3.05) is 19.6 Å². The third kappa shape index (κ3) is 3.79. The van der Waals surface area contributed by atoms with Gasteiger partial charge in [0.15, 0.2) is 0 Å². The van der Waals surface area contributed by atoms with E-state index in [0.29, 0.717) is 12.2 Å². The molecule has 124 valence electrons. The highest BCUT2D eigenvalue weighted by Crippen LogP contribution is 2.30. The molecule has 1 aromatic heterocycles. The number of hydrogen-bond donors (Lipinski definition) is 1. The van der Waals surface area contributed by atoms with E-state index in [1.54, 1.807) is 0 Å². The van der Waals surface area contributed by atoms with Crippen LogP contribution in [0.4, 0.5) is 0 Å². The Hall–Kier alpha value is -1.72. The van der Waals surface area contributed by atoms with E-state index in [2.05, 4.69) is 53.3 Å². The van der Waals surface area contributed by atoms with Crippen LogP contribution in [0.2, 0.25) is 0 Å². The molecule has 5 heteroatoms. The van der Waals surface area contributed by atoms with Gasteiger partial charge in [-0.2, -0.15) is 0 Å². The van der Waals surface area contributed by atoms with Crippen molar-refractivity contribution in [1.29, 1.82) is 0 Å². The number of nitrogens with zero attached hydrogens (tertiary/aromatic N) is 4. The molecule has 23 heavy (non-hydrogen) atoms. The van der Waals surface area contributed by atoms with Crippen LogP contribution in [0.25, 0.3) is 0 Å². The molecule has 1 unspecified atom stereocenters. The molecule has 1 aliphatic rings. The number of rotatable bonds is 5. The van der Waals surface area contributed by atoms with Crippen molar-refractivity contribution in [2.24, 2.45) is 0 Å². The minimum absolute atomic E-state index is 0.262. The Labute approximate surface area is 137 Å². The Morgan fingerprint density at radius 3 is 2.74 bits per heavy atom. The van der Waals surface area contributed by atoms with Crippen LogP contribution in [0.5, 0.6) is 0 Å². The normalized spacial score (nSPS) is 22.6. The fourth-order valence-corrected chi connectivity index (χ4v) is 3.20. The summed E-state index contributed by atoms with van der Waals surface area (Å²) in [5.41, 5.74) is 1.17. The zero-order valence-electron chi connectivity index (χ0n) is 14.0. The summed E-state index contributed by atoms with van der Waals surface area (Å²) in [4.78, 5) is 2.34. The number of benzene rings is 1. The van der Waals surface area contributed by atoms with Gasteiger partial charge < -0.3 is 5.11 Å². The Morgan fingerprint density at radius 2 is 2.04 bits per heavy atom. The monoisotopic (exact) mass is 314 g/mol. The van der Waals surface area contributed by atoms with Gasteiger partial charge in [0.2, 0.25) is 0 Å². The van der Waals surface area contributed by atoms with E-state index < -0.39 is 5.60 Å². The fraction of sp³-hybridized carbons (Fsp3) is 0.556. The summed E-state index contributed by atoms with van der Waals surface area (Å²) in [5, 5.41) is 19.4. The summed E-state index contributed by atoms with van der Waals surface area (Å²) < 4.78 is 1.82.